The predicted molar refractivity (Wildman–Crippen MR) is 124 cm³/mol. The number of unbranched alkanes of at least 4 members (excludes halogenated alkanes) is 2. The van der Waals surface area contributed by atoms with E-state index in [1.807, 2.05) is 20.8 Å². The van der Waals surface area contributed by atoms with Crippen molar-refractivity contribution in [2.75, 3.05) is 19.7 Å². The Morgan fingerprint density at radius 3 is 2.27 bits per heavy atom. The number of carbonyl (C=O) groups excluding carboxylic acids is 3. The normalized spacial score (nSPS) is 19.7. The lowest BCUT2D eigenvalue weighted by Gasteiger charge is -2.24. The summed E-state index contributed by atoms with van der Waals surface area (Å²) in [5.74, 6) is -0.847. The summed E-state index contributed by atoms with van der Waals surface area (Å²) in [4.78, 5) is 67.1. The van der Waals surface area contributed by atoms with E-state index in [0.29, 0.717) is 25.8 Å². The maximum atomic E-state index is 12.4. The lowest BCUT2D eigenvalue weighted by Crippen LogP contribution is -2.34. The first kappa shape index (κ1) is 30.1. The minimum Gasteiger partial charge on any atom is -0.354 e. The largest absolute Gasteiger partial charge is 0.511 e. The molecule has 2 unspecified atom stereocenters. The van der Waals surface area contributed by atoms with Crippen LogP contribution in [0.15, 0.2) is 0 Å². The van der Waals surface area contributed by atoms with Gasteiger partial charge in [0, 0.05) is 25.9 Å². The second-order valence-electron chi connectivity index (χ2n) is 10.3. The fraction of sp³-hybridized carbons (Fsp3) is 0.850. The lowest BCUT2D eigenvalue weighted by molar-refractivity contribution is -0.140. The number of likely N-dealkylation sites (tertiary alicyclic amines) is 1. The molecule has 192 valence electrons. The molecule has 1 saturated heterocycles. The number of hydrogen-bond donors (Lipinski definition) is 4. The number of nitrogens with one attached hydrogen (secondary N) is 1. The van der Waals surface area contributed by atoms with Gasteiger partial charge in [-0.25, -0.2) is 4.57 Å². The van der Waals surface area contributed by atoms with Gasteiger partial charge in [0.2, 0.25) is 17.7 Å². The first-order chi connectivity index (χ1) is 14.9. The maximum absolute atomic E-state index is 12.4. The van der Waals surface area contributed by atoms with Gasteiger partial charge in [-0.1, -0.05) is 31.5 Å². The van der Waals surface area contributed by atoms with Gasteiger partial charge in [0.1, 0.15) is 0 Å². The zero-order valence-corrected chi connectivity index (χ0v) is 22.2. The predicted octanol–water partition coefficient (Wildman–Crippen LogP) is 2.76. The highest BCUT2D eigenvalue weighted by atomic mass is 31.3. The average molecular weight is 513 g/mol. The molecule has 0 aliphatic carbocycles. The van der Waals surface area contributed by atoms with E-state index in [0.717, 1.165) is 0 Å². The number of amides is 3. The number of carbonyl (C=O) groups is 3. The second-order valence-corrected chi connectivity index (χ2v) is 14.5. The monoisotopic (exact) mass is 513 g/mol. The van der Waals surface area contributed by atoms with Crippen LogP contribution in [0.25, 0.3) is 0 Å². The maximum Gasteiger partial charge on any atom is 0.511 e. The number of phosphoric acid groups is 1. The van der Waals surface area contributed by atoms with Gasteiger partial charge in [0.05, 0.1) is 12.5 Å². The molecule has 0 bridgehead atoms. The number of imide groups is 1. The van der Waals surface area contributed by atoms with E-state index in [1.54, 1.807) is 0 Å². The fourth-order valence-electron chi connectivity index (χ4n) is 3.06. The van der Waals surface area contributed by atoms with E-state index in [-0.39, 0.29) is 55.0 Å². The molecule has 33 heavy (non-hydrogen) atoms. The van der Waals surface area contributed by atoms with Gasteiger partial charge in [-0.05, 0) is 39.0 Å². The summed E-state index contributed by atoms with van der Waals surface area (Å²) >= 11 is 0. The van der Waals surface area contributed by atoms with Crippen LogP contribution in [0, 0.1) is 11.3 Å². The summed E-state index contributed by atoms with van der Waals surface area (Å²) in [6, 6.07) is 0. The minimum atomic E-state index is -4.70. The molecule has 2 atom stereocenters. The van der Waals surface area contributed by atoms with E-state index >= 15 is 0 Å². The fourth-order valence-corrected chi connectivity index (χ4v) is 5.70. The molecule has 0 saturated carbocycles. The first-order valence-corrected chi connectivity index (χ1v) is 14.1. The standard InChI is InChI=1S/C20H38N2O9P2/c1-19(2,3)15-14-17(24)22(18(15)25)12-9-7-8-10-16(23)21-11-13-30-33(28,29)31-32(26,27)20(4,5)6/h15,26-27H,7-14H2,1-6H3,(H-,21,23,28,29)/p+1. The molecule has 11 nitrogen and oxygen atoms in total. The van der Waals surface area contributed by atoms with E-state index in [1.165, 1.54) is 25.7 Å². The molecule has 1 heterocycles. The molecule has 3 amide bonds. The van der Waals surface area contributed by atoms with Crippen LogP contribution in [0.5, 0.6) is 0 Å². The Kier molecular flexibility index (Phi) is 10.6. The Hall–Kier alpha value is -0.930. The van der Waals surface area contributed by atoms with Crippen LogP contribution in [-0.2, 0) is 27.8 Å². The third-order valence-corrected chi connectivity index (χ3v) is 9.34. The summed E-state index contributed by atoms with van der Waals surface area (Å²) in [5, 5.41) is 1.38. The molecule has 0 spiro atoms. The molecule has 1 rings (SSSR count). The molecule has 1 aliphatic heterocycles. The summed E-state index contributed by atoms with van der Waals surface area (Å²) in [5.41, 5.74) is -0.257. The molecule has 0 aromatic rings. The van der Waals surface area contributed by atoms with Crippen molar-refractivity contribution >= 4 is 33.5 Å². The van der Waals surface area contributed by atoms with Crippen molar-refractivity contribution in [1.82, 2.24) is 10.2 Å². The lowest BCUT2D eigenvalue weighted by atomic mass is 9.80. The van der Waals surface area contributed by atoms with Crippen LogP contribution in [0.2, 0.25) is 0 Å². The SMILES string of the molecule is CC(C)(C)C1CC(=O)N(CCCCCC(=O)NCCOP(=O)(O)O[P+](O)(O)C(C)(C)C)C1=O. The second kappa shape index (κ2) is 11.7. The summed E-state index contributed by atoms with van der Waals surface area (Å²) < 4.78 is 21.0. The molecule has 0 aromatic heterocycles. The van der Waals surface area contributed by atoms with Crippen LogP contribution in [0.4, 0.5) is 0 Å². The van der Waals surface area contributed by atoms with Crippen molar-refractivity contribution in [1.29, 1.82) is 0 Å². The van der Waals surface area contributed by atoms with E-state index < -0.39 is 20.9 Å². The molecule has 0 radical (unpaired) electrons. The molecule has 0 aromatic carbocycles. The van der Waals surface area contributed by atoms with Crippen molar-refractivity contribution in [3.8, 4) is 0 Å². The highest BCUT2D eigenvalue weighted by Gasteiger charge is 2.56. The first-order valence-electron chi connectivity index (χ1n) is 11.0. The van der Waals surface area contributed by atoms with Gasteiger partial charge < -0.3 is 10.2 Å². The van der Waals surface area contributed by atoms with Crippen LogP contribution in [-0.4, -0.2) is 62.2 Å². The van der Waals surface area contributed by atoms with Crippen molar-refractivity contribution in [3.05, 3.63) is 0 Å². The Morgan fingerprint density at radius 1 is 1.15 bits per heavy atom. The number of phosphoric ester groups is 1. The minimum absolute atomic E-state index is 0.0600. The summed E-state index contributed by atoms with van der Waals surface area (Å²) in [7, 11) is -8.83. The molecule has 1 aliphatic rings. The zero-order valence-electron chi connectivity index (χ0n) is 20.4. The van der Waals surface area contributed by atoms with Crippen LogP contribution in [0.3, 0.4) is 0 Å². The quantitative estimate of drug-likeness (QED) is 0.175. The van der Waals surface area contributed by atoms with Gasteiger partial charge in [0.25, 0.3) is 0 Å². The molecule has 4 N–H and O–H groups in total. The van der Waals surface area contributed by atoms with Gasteiger partial charge in [-0.15, -0.1) is 0 Å². The highest BCUT2D eigenvalue weighted by Crippen LogP contribution is 2.71. The van der Waals surface area contributed by atoms with E-state index in [2.05, 4.69) is 14.2 Å². The number of rotatable bonds is 12. The van der Waals surface area contributed by atoms with Gasteiger partial charge >= 0.3 is 15.8 Å². The van der Waals surface area contributed by atoms with Crippen LogP contribution in [0.1, 0.15) is 73.6 Å². The molecular weight excluding hydrogens is 474 g/mol. The van der Waals surface area contributed by atoms with Crippen LogP contribution >= 0.6 is 15.8 Å². The van der Waals surface area contributed by atoms with Crippen LogP contribution < -0.4 is 5.32 Å². The summed E-state index contributed by atoms with van der Waals surface area (Å²) in [6.45, 7) is 10.1. The molecule has 1 fully saturated rings. The van der Waals surface area contributed by atoms with Crippen molar-refractivity contribution in [2.45, 2.75) is 78.8 Å². The van der Waals surface area contributed by atoms with Crippen molar-refractivity contribution in [2.24, 2.45) is 11.3 Å². The third-order valence-electron chi connectivity index (χ3n) is 5.34. The molecular formula is C20H39N2O9P2+. The smallest absolute Gasteiger partial charge is 0.354 e. The topological polar surface area (TPSA) is 163 Å². The number of hydrogen-bond acceptors (Lipinski definition) is 8. The summed E-state index contributed by atoms with van der Waals surface area (Å²) in [6.07, 6.45) is 2.28. The van der Waals surface area contributed by atoms with Crippen molar-refractivity contribution < 1.29 is 42.5 Å². The zero-order chi connectivity index (χ0) is 25.7. The Balaban J connectivity index is 2.23. The van der Waals surface area contributed by atoms with Gasteiger partial charge in [-0.3, -0.25) is 23.8 Å². The average Bonchev–Trinajstić information content (AvgIpc) is 2.91. The van der Waals surface area contributed by atoms with Crippen molar-refractivity contribution in [3.63, 3.8) is 0 Å². The van der Waals surface area contributed by atoms with Gasteiger partial charge in [0.15, 0.2) is 5.16 Å². The Morgan fingerprint density at radius 2 is 1.76 bits per heavy atom. The molecule has 13 heteroatoms. The third kappa shape index (κ3) is 9.68. The highest BCUT2D eigenvalue weighted by molar-refractivity contribution is 7.69. The Bertz CT molecular complexity index is 760. The van der Waals surface area contributed by atoms with Gasteiger partial charge in [-0.2, -0.15) is 9.79 Å². The Labute approximate surface area is 196 Å². The number of nitrogens with zero attached hydrogens (tertiary/aromatic N) is 1. The van der Waals surface area contributed by atoms with E-state index in [9.17, 15) is 33.6 Å². The van der Waals surface area contributed by atoms with E-state index in [4.69, 9.17) is 0 Å².